The van der Waals surface area contributed by atoms with E-state index < -0.39 is 6.29 Å². The zero-order chi connectivity index (χ0) is 19.6. The summed E-state index contributed by atoms with van der Waals surface area (Å²) >= 11 is 0. The maximum absolute atomic E-state index is 11.2. The second-order valence-electron chi connectivity index (χ2n) is 6.51. The average Bonchev–Trinajstić information content (AvgIpc) is 2.62. The first kappa shape index (κ1) is 24.2. The van der Waals surface area contributed by atoms with Crippen LogP contribution >= 0.6 is 0 Å². The fourth-order valence-corrected chi connectivity index (χ4v) is 2.12. The lowest BCUT2D eigenvalue weighted by Gasteiger charge is -2.16. The zero-order valence-corrected chi connectivity index (χ0v) is 16.7. The number of hydrogen-bond acceptors (Lipinski definition) is 4. The number of esters is 1. The summed E-state index contributed by atoms with van der Waals surface area (Å²) in [7, 11) is 0. The van der Waals surface area contributed by atoms with Crippen LogP contribution < -0.4 is 4.74 Å². The third-order valence-corrected chi connectivity index (χ3v) is 3.62. The summed E-state index contributed by atoms with van der Waals surface area (Å²) in [5.41, 5.74) is 0. The Morgan fingerprint density at radius 1 is 1.04 bits per heavy atom. The van der Waals surface area contributed by atoms with Crippen molar-refractivity contribution in [1.82, 2.24) is 0 Å². The molecule has 0 radical (unpaired) electrons. The van der Waals surface area contributed by atoms with Crippen LogP contribution in [0.2, 0.25) is 0 Å². The number of ether oxygens (including phenoxy) is 2. The Kier molecular flexibility index (Phi) is 15.5. The van der Waals surface area contributed by atoms with Gasteiger partial charge in [-0.25, -0.2) is 0 Å². The molecule has 0 heterocycles. The highest BCUT2D eigenvalue weighted by Crippen LogP contribution is 2.12. The maximum atomic E-state index is 11.2. The summed E-state index contributed by atoms with van der Waals surface area (Å²) < 4.78 is 10.4. The Morgan fingerprint density at radius 2 is 1.62 bits per heavy atom. The smallest absolute Gasteiger partial charge is 0.311 e. The highest BCUT2D eigenvalue weighted by atomic mass is 16.7. The molecule has 0 aliphatic heterocycles. The van der Waals surface area contributed by atoms with Crippen molar-refractivity contribution in [2.45, 2.75) is 72.0 Å². The molecule has 0 bridgehead atoms. The van der Waals surface area contributed by atoms with Gasteiger partial charge in [0.05, 0.1) is 5.92 Å². The Labute approximate surface area is 159 Å². The molecule has 4 heteroatoms. The molecular weight excluding hydrogens is 328 g/mol. The van der Waals surface area contributed by atoms with Crippen molar-refractivity contribution in [2.75, 3.05) is 6.61 Å². The number of para-hydroxylation sites is 1. The van der Waals surface area contributed by atoms with Gasteiger partial charge >= 0.3 is 5.97 Å². The molecule has 0 fully saturated rings. The number of allylic oxidation sites excluding steroid dienone is 1. The van der Waals surface area contributed by atoms with Crippen LogP contribution in [0.5, 0.6) is 5.75 Å². The predicted molar refractivity (Wildman–Crippen MR) is 107 cm³/mol. The molecule has 0 saturated heterocycles. The van der Waals surface area contributed by atoms with Crippen LogP contribution in [0.25, 0.3) is 0 Å². The first-order valence-electron chi connectivity index (χ1n) is 9.65. The summed E-state index contributed by atoms with van der Waals surface area (Å²) in [4.78, 5) is 11.2. The third kappa shape index (κ3) is 14.5. The molecule has 1 aromatic rings. The van der Waals surface area contributed by atoms with E-state index in [0.717, 1.165) is 12.8 Å². The molecule has 0 aromatic heterocycles. The minimum Gasteiger partial charge on any atom is -0.455 e. The van der Waals surface area contributed by atoms with Crippen molar-refractivity contribution >= 4 is 5.97 Å². The molecule has 26 heavy (non-hydrogen) atoms. The Morgan fingerprint density at radius 3 is 2.15 bits per heavy atom. The van der Waals surface area contributed by atoms with Gasteiger partial charge in [-0.1, -0.05) is 63.8 Å². The van der Waals surface area contributed by atoms with E-state index in [-0.39, 0.29) is 11.9 Å². The van der Waals surface area contributed by atoms with E-state index in [4.69, 9.17) is 14.6 Å². The highest BCUT2D eigenvalue weighted by Gasteiger charge is 2.13. The van der Waals surface area contributed by atoms with Gasteiger partial charge in [-0.2, -0.15) is 0 Å². The molecule has 0 aliphatic carbocycles. The summed E-state index contributed by atoms with van der Waals surface area (Å²) in [6, 6.07) is 9.27. The lowest BCUT2D eigenvalue weighted by atomic mass is 10.1. The zero-order valence-electron chi connectivity index (χ0n) is 16.7. The number of aliphatic hydroxyl groups is 1. The minimum absolute atomic E-state index is 0.133. The van der Waals surface area contributed by atoms with Crippen molar-refractivity contribution in [1.29, 1.82) is 0 Å². The van der Waals surface area contributed by atoms with E-state index in [1.165, 1.54) is 32.1 Å². The molecule has 4 nitrogen and oxygen atoms in total. The molecule has 1 N–H and O–H groups in total. The molecule has 0 saturated carbocycles. The van der Waals surface area contributed by atoms with Gasteiger partial charge in [0.2, 0.25) is 6.29 Å². The number of unbranched alkanes of at least 4 members (excludes halogenated alkanes) is 6. The van der Waals surface area contributed by atoms with Gasteiger partial charge in [0, 0.05) is 13.5 Å². The van der Waals surface area contributed by atoms with Crippen LogP contribution in [-0.2, 0) is 9.53 Å². The molecule has 0 spiro atoms. The minimum atomic E-state index is -0.553. The Balaban J connectivity index is 0.000000508. The van der Waals surface area contributed by atoms with Crippen molar-refractivity contribution in [3.05, 3.63) is 43.0 Å². The van der Waals surface area contributed by atoms with Gasteiger partial charge in [0.25, 0.3) is 0 Å². The number of carbonyl (C=O) groups excluding carboxylic acids is 1. The van der Waals surface area contributed by atoms with Crippen LogP contribution in [0.1, 0.15) is 65.7 Å². The molecule has 1 rings (SSSR count). The van der Waals surface area contributed by atoms with Crippen LogP contribution in [0, 0.1) is 5.92 Å². The van der Waals surface area contributed by atoms with E-state index in [1.54, 1.807) is 20.8 Å². The number of aliphatic hydroxyl groups excluding tert-OH is 1. The fraction of sp³-hybridized carbons (Fsp3) is 0.591. The maximum Gasteiger partial charge on any atom is 0.311 e. The summed E-state index contributed by atoms with van der Waals surface area (Å²) in [5.74, 6) is 0.312. The van der Waals surface area contributed by atoms with Crippen LogP contribution in [0.15, 0.2) is 43.0 Å². The SMILES string of the molecule is C=CCCCCCCCCO.CC(OC(=O)C(C)C)Oc1ccccc1. The highest BCUT2D eigenvalue weighted by molar-refractivity contribution is 5.71. The van der Waals surface area contributed by atoms with Gasteiger partial charge in [0.15, 0.2) is 0 Å². The lowest BCUT2D eigenvalue weighted by Crippen LogP contribution is -2.23. The predicted octanol–water partition coefficient (Wildman–Crippen LogP) is 5.51. The number of carbonyl (C=O) groups is 1. The quantitative estimate of drug-likeness (QED) is 0.230. The molecule has 1 atom stereocenters. The Hall–Kier alpha value is -1.81. The van der Waals surface area contributed by atoms with Gasteiger partial charge in [-0.3, -0.25) is 4.79 Å². The molecule has 1 unspecified atom stereocenters. The van der Waals surface area contributed by atoms with Crippen molar-refractivity contribution < 1.29 is 19.4 Å². The molecule has 1 aromatic carbocycles. The number of benzene rings is 1. The van der Waals surface area contributed by atoms with Gasteiger partial charge < -0.3 is 14.6 Å². The third-order valence-electron chi connectivity index (χ3n) is 3.62. The second-order valence-corrected chi connectivity index (χ2v) is 6.51. The molecule has 148 valence electrons. The summed E-state index contributed by atoms with van der Waals surface area (Å²) in [5, 5.41) is 8.49. The fourth-order valence-electron chi connectivity index (χ4n) is 2.12. The molecule has 0 amide bonds. The van der Waals surface area contributed by atoms with E-state index in [9.17, 15) is 4.79 Å². The first-order valence-corrected chi connectivity index (χ1v) is 9.65. The van der Waals surface area contributed by atoms with Gasteiger partial charge in [-0.05, 0) is 31.4 Å². The normalized spacial score (nSPS) is 11.3. The van der Waals surface area contributed by atoms with Crippen LogP contribution in [0.4, 0.5) is 0 Å². The topological polar surface area (TPSA) is 55.8 Å². The van der Waals surface area contributed by atoms with E-state index in [2.05, 4.69) is 6.58 Å². The molecule has 0 aliphatic rings. The van der Waals surface area contributed by atoms with Gasteiger partial charge in [-0.15, -0.1) is 6.58 Å². The van der Waals surface area contributed by atoms with E-state index >= 15 is 0 Å². The van der Waals surface area contributed by atoms with Crippen LogP contribution in [0.3, 0.4) is 0 Å². The number of rotatable bonds is 12. The first-order chi connectivity index (χ1) is 12.5. The van der Waals surface area contributed by atoms with Crippen LogP contribution in [-0.4, -0.2) is 24.0 Å². The van der Waals surface area contributed by atoms with Gasteiger partial charge in [0.1, 0.15) is 5.75 Å². The summed E-state index contributed by atoms with van der Waals surface area (Å²) in [6.45, 7) is 9.31. The largest absolute Gasteiger partial charge is 0.455 e. The van der Waals surface area contributed by atoms with Crippen molar-refractivity contribution in [2.24, 2.45) is 5.92 Å². The monoisotopic (exact) mass is 364 g/mol. The second kappa shape index (κ2) is 16.6. The van der Waals surface area contributed by atoms with E-state index in [1.807, 2.05) is 36.4 Å². The lowest BCUT2D eigenvalue weighted by molar-refractivity contribution is -0.165. The summed E-state index contributed by atoms with van der Waals surface area (Å²) in [6.07, 6.45) is 9.92. The molecular formula is C22H36O4. The number of hydrogen-bond donors (Lipinski definition) is 1. The van der Waals surface area contributed by atoms with Crippen molar-refractivity contribution in [3.8, 4) is 5.75 Å². The van der Waals surface area contributed by atoms with Crippen molar-refractivity contribution in [3.63, 3.8) is 0 Å². The average molecular weight is 365 g/mol. The Bertz CT molecular complexity index is 456. The standard InChI is InChI=1S/C12H16O3.C10H20O/c1-9(2)12(13)15-10(3)14-11-7-5-4-6-8-11;1-2-3-4-5-6-7-8-9-10-11/h4-10H,1-3H3;2,11H,1,3-10H2. The van der Waals surface area contributed by atoms with E-state index in [0.29, 0.717) is 12.4 Å².